The summed E-state index contributed by atoms with van der Waals surface area (Å²) in [6.07, 6.45) is 3.81. The lowest BCUT2D eigenvalue weighted by Crippen LogP contribution is -2.15. The molecule has 0 aliphatic carbocycles. The number of hydrazone groups is 1. The highest BCUT2D eigenvalue weighted by atomic mass is 35.5. The van der Waals surface area contributed by atoms with Crippen LogP contribution in [0.15, 0.2) is 41.8 Å². The van der Waals surface area contributed by atoms with Crippen molar-refractivity contribution in [3.8, 4) is 0 Å². The van der Waals surface area contributed by atoms with Gasteiger partial charge in [-0.25, -0.2) is 0 Å². The number of anilines is 1. The van der Waals surface area contributed by atoms with Crippen LogP contribution in [0.3, 0.4) is 0 Å². The van der Waals surface area contributed by atoms with Crippen LogP contribution in [0, 0.1) is 0 Å². The molecule has 1 aromatic heterocycles. The average molecular weight is 311 g/mol. The number of rotatable bonds is 4. The van der Waals surface area contributed by atoms with E-state index in [9.17, 15) is 5.11 Å². The zero-order chi connectivity index (χ0) is 14.5. The number of hydrogen-bond donors (Lipinski definition) is 3. The molecular formula is C13H12Cl2N4O. The highest BCUT2D eigenvalue weighted by Crippen LogP contribution is 2.30. The maximum Gasteiger partial charge on any atom is 0.165 e. The Balaban J connectivity index is 2.05. The third-order valence-electron chi connectivity index (χ3n) is 2.51. The van der Waals surface area contributed by atoms with Gasteiger partial charge in [0, 0.05) is 23.5 Å². The van der Waals surface area contributed by atoms with E-state index in [1.54, 1.807) is 18.5 Å². The zero-order valence-corrected chi connectivity index (χ0v) is 11.8. The number of aliphatic hydroxyl groups excluding tert-OH is 1. The van der Waals surface area contributed by atoms with E-state index in [0.29, 0.717) is 5.56 Å². The number of nitrogens with one attached hydrogen (secondary N) is 1. The Kier molecular flexibility index (Phi) is 4.79. The normalized spacial score (nSPS) is 12.6. The second kappa shape index (κ2) is 6.56. The Hall–Kier alpha value is -1.82. The molecule has 1 heterocycles. The Labute approximate surface area is 126 Å². The van der Waals surface area contributed by atoms with Gasteiger partial charge in [0.2, 0.25) is 0 Å². The van der Waals surface area contributed by atoms with Crippen molar-refractivity contribution >= 4 is 35.1 Å². The number of nitrogen functional groups attached to an aromatic ring is 1. The SMILES string of the molecule is Nc1c(Cl)cc([C@@H](O)NN=Cc2cccnc2)cc1Cl. The minimum atomic E-state index is -1.04. The second-order valence-corrected chi connectivity index (χ2v) is 4.79. The van der Waals surface area contributed by atoms with Gasteiger partial charge in [0.05, 0.1) is 21.9 Å². The quantitative estimate of drug-likeness (QED) is 0.351. The van der Waals surface area contributed by atoms with Gasteiger partial charge in [0.1, 0.15) is 0 Å². The van der Waals surface area contributed by atoms with Crippen LogP contribution in [0.4, 0.5) is 5.69 Å². The fourth-order valence-electron chi connectivity index (χ4n) is 1.47. The number of nitrogens with two attached hydrogens (primary N) is 1. The van der Waals surface area contributed by atoms with Crippen molar-refractivity contribution in [3.63, 3.8) is 0 Å². The highest BCUT2D eigenvalue weighted by Gasteiger charge is 2.11. The number of aliphatic hydroxyl groups is 1. The summed E-state index contributed by atoms with van der Waals surface area (Å²) in [4.78, 5) is 3.94. The summed E-state index contributed by atoms with van der Waals surface area (Å²) in [5.74, 6) is 0. The summed E-state index contributed by atoms with van der Waals surface area (Å²) in [5.41, 5.74) is 9.74. The first-order valence-electron chi connectivity index (χ1n) is 5.69. The van der Waals surface area contributed by atoms with E-state index in [2.05, 4.69) is 15.5 Å². The van der Waals surface area contributed by atoms with Crippen LogP contribution in [0.5, 0.6) is 0 Å². The number of hydrogen-bond acceptors (Lipinski definition) is 5. The summed E-state index contributed by atoms with van der Waals surface area (Å²) in [6, 6.07) is 6.68. The number of benzene rings is 1. The first-order chi connectivity index (χ1) is 9.58. The third-order valence-corrected chi connectivity index (χ3v) is 3.14. The molecule has 0 saturated carbocycles. The number of pyridine rings is 1. The summed E-state index contributed by atoms with van der Waals surface area (Å²) in [6.45, 7) is 0. The molecule has 7 heteroatoms. The topological polar surface area (TPSA) is 83.5 Å². The molecule has 0 spiro atoms. The van der Waals surface area contributed by atoms with Crippen molar-refractivity contribution in [1.29, 1.82) is 0 Å². The molecule has 2 aromatic rings. The molecule has 0 bridgehead atoms. The Morgan fingerprint density at radius 3 is 2.65 bits per heavy atom. The van der Waals surface area contributed by atoms with E-state index in [4.69, 9.17) is 28.9 Å². The van der Waals surface area contributed by atoms with Crippen LogP contribution in [-0.2, 0) is 0 Å². The van der Waals surface area contributed by atoms with Crippen LogP contribution >= 0.6 is 23.2 Å². The molecular weight excluding hydrogens is 299 g/mol. The van der Waals surface area contributed by atoms with Gasteiger partial charge in [-0.15, -0.1) is 0 Å². The molecule has 0 unspecified atom stereocenters. The second-order valence-electron chi connectivity index (χ2n) is 3.97. The van der Waals surface area contributed by atoms with Crippen LogP contribution in [0.25, 0.3) is 0 Å². The van der Waals surface area contributed by atoms with E-state index >= 15 is 0 Å². The van der Waals surface area contributed by atoms with E-state index in [-0.39, 0.29) is 15.7 Å². The van der Waals surface area contributed by atoms with Crippen molar-refractivity contribution in [2.45, 2.75) is 6.23 Å². The fraction of sp³-hybridized carbons (Fsp3) is 0.0769. The molecule has 0 amide bonds. The molecule has 104 valence electrons. The molecule has 0 radical (unpaired) electrons. The molecule has 2 rings (SSSR count). The smallest absolute Gasteiger partial charge is 0.165 e. The predicted molar refractivity (Wildman–Crippen MR) is 80.8 cm³/mol. The van der Waals surface area contributed by atoms with Crippen molar-refractivity contribution < 1.29 is 5.11 Å². The lowest BCUT2D eigenvalue weighted by Gasteiger charge is -2.12. The van der Waals surface area contributed by atoms with Crippen LogP contribution < -0.4 is 11.2 Å². The molecule has 1 aromatic carbocycles. The van der Waals surface area contributed by atoms with E-state index in [1.807, 2.05) is 6.07 Å². The average Bonchev–Trinajstić information content (AvgIpc) is 2.45. The molecule has 0 aliphatic rings. The lowest BCUT2D eigenvalue weighted by atomic mass is 10.2. The van der Waals surface area contributed by atoms with E-state index in [0.717, 1.165) is 5.56 Å². The van der Waals surface area contributed by atoms with E-state index in [1.165, 1.54) is 18.3 Å². The molecule has 4 N–H and O–H groups in total. The van der Waals surface area contributed by atoms with Gasteiger partial charge in [0.25, 0.3) is 0 Å². The first-order valence-corrected chi connectivity index (χ1v) is 6.44. The molecule has 0 saturated heterocycles. The fourth-order valence-corrected chi connectivity index (χ4v) is 1.97. The minimum Gasteiger partial charge on any atom is -0.396 e. The van der Waals surface area contributed by atoms with Gasteiger partial charge in [-0.1, -0.05) is 29.3 Å². The zero-order valence-electron chi connectivity index (χ0n) is 10.3. The number of aromatic nitrogens is 1. The summed E-state index contributed by atoms with van der Waals surface area (Å²) in [7, 11) is 0. The standard InChI is InChI=1S/C13H12Cl2N4O/c14-10-4-9(5-11(15)12(10)16)13(20)19-18-7-8-2-1-3-17-6-8/h1-7,13,19-20H,16H2/t13-/m1/s1. The van der Waals surface area contributed by atoms with E-state index < -0.39 is 6.23 Å². The van der Waals surface area contributed by atoms with Crippen molar-refractivity contribution in [2.24, 2.45) is 5.10 Å². The Morgan fingerprint density at radius 2 is 2.05 bits per heavy atom. The largest absolute Gasteiger partial charge is 0.396 e. The van der Waals surface area contributed by atoms with Gasteiger partial charge in [0.15, 0.2) is 6.23 Å². The summed E-state index contributed by atoms with van der Waals surface area (Å²) >= 11 is 11.8. The van der Waals surface area contributed by atoms with Crippen LogP contribution in [0.1, 0.15) is 17.4 Å². The maximum atomic E-state index is 9.94. The Morgan fingerprint density at radius 1 is 1.35 bits per heavy atom. The minimum absolute atomic E-state index is 0.281. The third kappa shape index (κ3) is 3.60. The number of halogens is 2. The van der Waals surface area contributed by atoms with Gasteiger partial charge < -0.3 is 10.8 Å². The monoisotopic (exact) mass is 310 g/mol. The van der Waals surface area contributed by atoms with Gasteiger partial charge in [-0.3, -0.25) is 10.4 Å². The molecule has 1 atom stereocenters. The molecule has 0 fully saturated rings. The molecule has 20 heavy (non-hydrogen) atoms. The molecule has 0 aliphatic heterocycles. The van der Waals surface area contributed by atoms with Gasteiger partial charge >= 0.3 is 0 Å². The summed E-state index contributed by atoms with van der Waals surface area (Å²) < 4.78 is 0. The highest BCUT2D eigenvalue weighted by molar-refractivity contribution is 6.38. The van der Waals surface area contributed by atoms with Crippen molar-refractivity contribution in [2.75, 3.05) is 5.73 Å². The lowest BCUT2D eigenvalue weighted by molar-refractivity contribution is 0.141. The summed E-state index contributed by atoms with van der Waals surface area (Å²) in [5, 5.41) is 14.4. The first kappa shape index (κ1) is 14.6. The Bertz CT molecular complexity index is 596. The predicted octanol–water partition coefficient (Wildman–Crippen LogP) is 2.59. The number of nitrogens with zero attached hydrogens (tertiary/aromatic N) is 2. The van der Waals surface area contributed by atoms with Crippen LogP contribution in [0.2, 0.25) is 10.0 Å². The van der Waals surface area contributed by atoms with Crippen molar-refractivity contribution in [3.05, 3.63) is 57.8 Å². The van der Waals surface area contributed by atoms with Crippen molar-refractivity contribution in [1.82, 2.24) is 10.4 Å². The van der Waals surface area contributed by atoms with Crippen LogP contribution in [-0.4, -0.2) is 16.3 Å². The molecule has 5 nitrogen and oxygen atoms in total. The van der Waals surface area contributed by atoms with Gasteiger partial charge in [-0.2, -0.15) is 5.10 Å². The maximum absolute atomic E-state index is 9.94. The van der Waals surface area contributed by atoms with Gasteiger partial charge in [-0.05, 0) is 18.2 Å².